The van der Waals surface area contributed by atoms with Gasteiger partial charge in [0.15, 0.2) is 0 Å². The summed E-state index contributed by atoms with van der Waals surface area (Å²) >= 11 is 0. The Hall–Kier alpha value is -3.74. The van der Waals surface area contributed by atoms with Gasteiger partial charge in [0.2, 0.25) is 0 Å². The number of hydrogen-bond acceptors (Lipinski definition) is 4. The molecule has 0 unspecified atom stereocenters. The number of amides is 2. The molecule has 4 heterocycles. The van der Waals surface area contributed by atoms with E-state index in [2.05, 4.69) is 16.4 Å². The van der Waals surface area contributed by atoms with Crippen molar-refractivity contribution in [3.8, 4) is 11.3 Å². The van der Waals surface area contributed by atoms with Gasteiger partial charge in [0.25, 0.3) is 11.8 Å². The van der Waals surface area contributed by atoms with E-state index in [1.165, 1.54) is 5.56 Å². The van der Waals surface area contributed by atoms with Gasteiger partial charge in [0.05, 0.1) is 17.9 Å². The molecule has 0 bridgehead atoms. The van der Waals surface area contributed by atoms with E-state index in [1.807, 2.05) is 52.2 Å². The summed E-state index contributed by atoms with van der Waals surface area (Å²) in [6.45, 7) is 3.04. The molecule has 1 aromatic carbocycles. The van der Waals surface area contributed by atoms with Gasteiger partial charge >= 0.3 is 0 Å². The third kappa shape index (κ3) is 3.53. The Morgan fingerprint density at radius 2 is 1.85 bits per heavy atom. The molecule has 1 aliphatic carbocycles. The van der Waals surface area contributed by atoms with E-state index in [4.69, 9.17) is 5.10 Å². The molecule has 7 heteroatoms. The Labute approximate surface area is 192 Å². The Morgan fingerprint density at radius 3 is 2.67 bits per heavy atom. The summed E-state index contributed by atoms with van der Waals surface area (Å²) in [5.74, 6) is 0.0888. The van der Waals surface area contributed by atoms with Gasteiger partial charge < -0.3 is 10.2 Å². The van der Waals surface area contributed by atoms with Crippen LogP contribution in [0.5, 0.6) is 0 Å². The normalized spacial score (nSPS) is 17.0. The first kappa shape index (κ1) is 19.9. The highest BCUT2D eigenvalue weighted by atomic mass is 16.2. The summed E-state index contributed by atoms with van der Waals surface area (Å²) in [6, 6.07) is 9.80. The van der Waals surface area contributed by atoms with Gasteiger partial charge in [-0.2, -0.15) is 5.10 Å². The Kier molecular flexibility index (Phi) is 4.82. The minimum Gasteiger partial charge on any atom is -0.349 e. The SMILES string of the molecule is O=C1NCCn2nc3c(c21)CCc1cnc(/C=C/c2ccc(C(=O)N4CCCC4)cc2)cc1-3. The van der Waals surface area contributed by atoms with Crippen LogP contribution in [0.15, 0.2) is 36.5 Å². The van der Waals surface area contributed by atoms with Gasteiger partial charge in [-0.15, -0.1) is 0 Å². The van der Waals surface area contributed by atoms with Gasteiger partial charge in [-0.25, -0.2) is 0 Å². The molecule has 7 nitrogen and oxygen atoms in total. The van der Waals surface area contributed by atoms with Crippen LogP contribution in [0.25, 0.3) is 23.4 Å². The number of pyridine rings is 1. The van der Waals surface area contributed by atoms with Crippen molar-refractivity contribution in [3.05, 3.63) is 70.2 Å². The zero-order chi connectivity index (χ0) is 22.4. The number of aromatic nitrogens is 3. The molecule has 2 aliphatic heterocycles. The molecule has 1 saturated heterocycles. The number of nitrogens with one attached hydrogen (secondary N) is 1. The zero-order valence-electron chi connectivity index (χ0n) is 18.4. The number of fused-ring (bicyclic) bond motifs is 5. The highest BCUT2D eigenvalue weighted by molar-refractivity contribution is 5.97. The molecule has 0 spiro atoms. The molecular weight excluding hydrogens is 414 g/mol. The first-order chi connectivity index (χ1) is 16.2. The average molecular weight is 440 g/mol. The molecule has 3 aromatic rings. The van der Waals surface area contributed by atoms with Crippen molar-refractivity contribution in [1.82, 2.24) is 25.0 Å². The smallest absolute Gasteiger partial charge is 0.269 e. The maximum absolute atomic E-state index is 12.5. The maximum atomic E-state index is 12.5. The highest BCUT2D eigenvalue weighted by Gasteiger charge is 2.30. The molecule has 0 radical (unpaired) electrons. The number of hydrogen-bond donors (Lipinski definition) is 1. The minimum atomic E-state index is -0.0284. The van der Waals surface area contributed by atoms with Gasteiger partial charge in [-0.3, -0.25) is 19.3 Å². The topological polar surface area (TPSA) is 80.1 Å². The van der Waals surface area contributed by atoms with Gasteiger partial charge in [-0.05, 0) is 61.1 Å². The Bertz CT molecular complexity index is 1280. The molecular formula is C26H25N5O2. The number of nitrogens with zero attached hydrogens (tertiary/aromatic N) is 4. The number of likely N-dealkylation sites (tertiary alicyclic amines) is 1. The van der Waals surface area contributed by atoms with E-state index >= 15 is 0 Å². The lowest BCUT2D eigenvalue weighted by Gasteiger charge is -2.17. The molecule has 33 heavy (non-hydrogen) atoms. The number of rotatable bonds is 3. The molecule has 166 valence electrons. The van der Waals surface area contributed by atoms with Crippen molar-refractivity contribution < 1.29 is 9.59 Å². The van der Waals surface area contributed by atoms with E-state index in [9.17, 15) is 9.59 Å². The summed E-state index contributed by atoms with van der Waals surface area (Å²) in [5.41, 5.74) is 7.48. The summed E-state index contributed by atoms with van der Waals surface area (Å²) in [5, 5.41) is 7.70. The summed E-state index contributed by atoms with van der Waals surface area (Å²) in [7, 11) is 0. The molecule has 3 aliphatic rings. The summed E-state index contributed by atoms with van der Waals surface area (Å²) in [4.78, 5) is 31.4. The van der Waals surface area contributed by atoms with E-state index in [-0.39, 0.29) is 11.8 Å². The van der Waals surface area contributed by atoms with E-state index in [0.717, 1.165) is 72.4 Å². The number of aryl methyl sites for hydroxylation is 1. The molecule has 2 aromatic heterocycles. The lowest BCUT2D eigenvalue weighted by molar-refractivity contribution is 0.0792. The molecule has 0 saturated carbocycles. The fourth-order valence-corrected chi connectivity index (χ4v) is 5.02. The monoisotopic (exact) mass is 439 g/mol. The fraction of sp³-hybridized carbons (Fsp3) is 0.308. The van der Waals surface area contributed by atoms with Crippen LogP contribution >= 0.6 is 0 Å². The second kappa shape index (κ2) is 7.99. The standard InChI is InChI=1S/C26H25N5O2/c32-25-24-21-10-8-19-16-28-20(15-22(19)23(21)29-31(24)14-11-27-25)9-5-17-3-6-18(7-4-17)26(33)30-12-1-2-13-30/h3-7,9,15-16H,1-2,8,10-14H2,(H,27,32)/b9-5+. The van der Waals surface area contributed by atoms with Crippen LogP contribution in [0.2, 0.25) is 0 Å². The Balaban J connectivity index is 1.25. The third-order valence-corrected chi connectivity index (χ3v) is 6.78. The summed E-state index contributed by atoms with van der Waals surface area (Å²) in [6.07, 6.45) is 9.77. The highest BCUT2D eigenvalue weighted by Crippen LogP contribution is 2.35. The molecule has 6 rings (SSSR count). The van der Waals surface area contributed by atoms with Gasteiger partial charge in [0, 0.05) is 42.5 Å². The van der Waals surface area contributed by atoms with Gasteiger partial charge in [-0.1, -0.05) is 18.2 Å². The molecule has 1 N–H and O–H groups in total. The fourth-order valence-electron chi connectivity index (χ4n) is 5.02. The van der Waals surface area contributed by atoms with Crippen LogP contribution < -0.4 is 5.32 Å². The molecule has 2 amide bonds. The minimum absolute atomic E-state index is 0.0284. The van der Waals surface area contributed by atoms with E-state index < -0.39 is 0 Å². The molecule has 1 fully saturated rings. The first-order valence-corrected chi connectivity index (χ1v) is 11.6. The third-order valence-electron chi connectivity index (χ3n) is 6.78. The number of benzene rings is 1. The van der Waals surface area contributed by atoms with E-state index in [0.29, 0.717) is 18.8 Å². The zero-order valence-corrected chi connectivity index (χ0v) is 18.4. The van der Waals surface area contributed by atoms with Crippen molar-refractivity contribution in [2.45, 2.75) is 32.2 Å². The maximum Gasteiger partial charge on any atom is 0.269 e. The van der Waals surface area contributed by atoms with Crippen LogP contribution in [0.1, 0.15) is 56.1 Å². The van der Waals surface area contributed by atoms with Crippen molar-refractivity contribution in [1.29, 1.82) is 0 Å². The number of carbonyl (C=O) groups is 2. The second-order valence-electron chi connectivity index (χ2n) is 8.88. The van der Waals surface area contributed by atoms with Crippen molar-refractivity contribution in [2.75, 3.05) is 19.6 Å². The van der Waals surface area contributed by atoms with Crippen LogP contribution in [-0.2, 0) is 19.4 Å². The first-order valence-electron chi connectivity index (χ1n) is 11.6. The number of carbonyl (C=O) groups excluding carboxylic acids is 2. The second-order valence-corrected chi connectivity index (χ2v) is 8.88. The van der Waals surface area contributed by atoms with Crippen LogP contribution in [-0.4, -0.2) is 51.1 Å². The average Bonchev–Trinajstić information content (AvgIpc) is 3.51. The van der Waals surface area contributed by atoms with Crippen LogP contribution in [0.3, 0.4) is 0 Å². The lowest BCUT2D eigenvalue weighted by atomic mass is 9.89. The van der Waals surface area contributed by atoms with Gasteiger partial charge in [0.1, 0.15) is 5.69 Å². The van der Waals surface area contributed by atoms with Crippen molar-refractivity contribution in [3.63, 3.8) is 0 Å². The molecule has 0 atom stereocenters. The van der Waals surface area contributed by atoms with Crippen molar-refractivity contribution in [2.24, 2.45) is 0 Å². The largest absolute Gasteiger partial charge is 0.349 e. The van der Waals surface area contributed by atoms with E-state index in [1.54, 1.807) is 0 Å². The van der Waals surface area contributed by atoms with Crippen LogP contribution in [0, 0.1) is 0 Å². The van der Waals surface area contributed by atoms with Crippen LogP contribution in [0.4, 0.5) is 0 Å². The summed E-state index contributed by atoms with van der Waals surface area (Å²) < 4.78 is 1.85. The predicted octanol–water partition coefficient (Wildman–Crippen LogP) is 3.19. The quantitative estimate of drug-likeness (QED) is 0.680. The lowest BCUT2D eigenvalue weighted by Crippen LogP contribution is -2.36. The van der Waals surface area contributed by atoms with Crippen molar-refractivity contribution >= 4 is 24.0 Å². The Morgan fingerprint density at radius 1 is 1.03 bits per heavy atom. The predicted molar refractivity (Wildman–Crippen MR) is 126 cm³/mol.